The van der Waals surface area contributed by atoms with Gasteiger partial charge in [-0.25, -0.2) is 0 Å². The Morgan fingerprint density at radius 1 is 0.375 bits per heavy atom. The van der Waals surface area contributed by atoms with E-state index in [9.17, 15) is 0 Å². The molecule has 0 aliphatic rings. The van der Waals surface area contributed by atoms with Crippen molar-refractivity contribution in [3.8, 4) is 0 Å². The fourth-order valence-corrected chi connectivity index (χ4v) is 2.59. The van der Waals surface area contributed by atoms with Gasteiger partial charge in [-0.3, -0.25) is 0 Å². The van der Waals surface area contributed by atoms with E-state index in [1.807, 2.05) is 0 Å². The molecule has 0 heterocycles. The first kappa shape index (κ1) is 31.6. The fourth-order valence-electron chi connectivity index (χ4n) is 2.59. The molecule has 0 saturated heterocycles. The molecule has 32 heavy (non-hydrogen) atoms. The van der Waals surface area contributed by atoms with Crippen LogP contribution in [0.15, 0.2) is 0 Å². The lowest BCUT2D eigenvalue weighted by Gasteiger charge is -2.19. The summed E-state index contributed by atoms with van der Waals surface area (Å²) in [5, 5.41) is 0. The number of hydrogen-bond donors (Lipinski definition) is 4. The van der Waals surface area contributed by atoms with Gasteiger partial charge in [0.15, 0.2) is 0 Å². The molecule has 2 unspecified atom stereocenters. The maximum absolute atomic E-state index is 5.80. The van der Waals surface area contributed by atoms with Gasteiger partial charge in [-0.05, 0) is 64.7 Å². The van der Waals surface area contributed by atoms with E-state index in [2.05, 4.69) is 0 Å². The normalized spacial score (nSPS) is 13.5. The molecule has 0 saturated carbocycles. The smallest absolute Gasteiger partial charge is 0.104 e. The van der Waals surface area contributed by atoms with Crippen LogP contribution < -0.4 is 22.9 Å². The average molecular weight is 467 g/mol. The lowest BCUT2D eigenvalue weighted by atomic mass is 10.3. The maximum atomic E-state index is 5.80. The van der Waals surface area contributed by atoms with Crippen molar-refractivity contribution in [3.63, 3.8) is 0 Å². The summed E-state index contributed by atoms with van der Waals surface area (Å²) in [6.45, 7) is 8.31. The maximum Gasteiger partial charge on any atom is 0.104 e. The predicted octanol–water partition coefficient (Wildman–Crippen LogP) is -0.00140. The Balaban J connectivity index is 3.85. The Hall–Kier alpha value is -0.400. The van der Waals surface area contributed by atoms with Gasteiger partial charge >= 0.3 is 0 Å². The van der Waals surface area contributed by atoms with Crippen molar-refractivity contribution in [3.05, 3.63) is 0 Å². The van der Waals surface area contributed by atoms with E-state index in [-0.39, 0.29) is 12.2 Å². The zero-order valence-corrected chi connectivity index (χ0v) is 20.1. The van der Waals surface area contributed by atoms with Crippen molar-refractivity contribution < 1.29 is 28.4 Å². The Labute approximate surface area is 194 Å². The second-order valence-corrected chi connectivity index (χ2v) is 7.56. The first-order valence-corrected chi connectivity index (χ1v) is 12.1. The van der Waals surface area contributed by atoms with Gasteiger partial charge in [0.2, 0.25) is 0 Å². The average Bonchev–Trinajstić information content (AvgIpc) is 2.80. The molecular weight excluding hydrogens is 416 g/mol. The van der Waals surface area contributed by atoms with Crippen molar-refractivity contribution in [2.24, 2.45) is 22.9 Å². The van der Waals surface area contributed by atoms with Crippen molar-refractivity contribution in [2.45, 2.75) is 50.7 Å². The largest absolute Gasteiger partial charge is 0.379 e. The van der Waals surface area contributed by atoms with Gasteiger partial charge in [0.05, 0.1) is 26.4 Å². The van der Waals surface area contributed by atoms with Crippen molar-refractivity contribution in [1.82, 2.24) is 0 Å². The molecule has 8 N–H and O–H groups in total. The molecule has 0 aromatic carbocycles. The Morgan fingerprint density at radius 3 is 0.969 bits per heavy atom. The minimum Gasteiger partial charge on any atom is -0.379 e. The van der Waals surface area contributed by atoms with Crippen LogP contribution in [-0.4, -0.2) is 104 Å². The van der Waals surface area contributed by atoms with E-state index in [0.717, 1.165) is 38.5 Å². The molecular formula is C22H50N4O6. The highest BCUT2D eigenvalue weighted by molar-refractivity contribution is 4.58. The Kier molecular flexibility index (Phi) is 26.5. The molecule has 0 aliphatic carbocycles. The van der Waals surface area contributed by atoms with Crippen LogP contribution in [0.5, 0.6) is 0 Å². The van der Waals surface area contributed by atoms with Gasteiger partial charge < -0.3 is 51.4 Å². The van der Waals surface area contributed by atoms with E-state index < -0.39 is 0 Å². The number of nitrogens with two attached hydrogens (primary N) is 4. The summed E-state index contributed by atoms with van der Waals surface area (Å²) in [6, 6.07) is 0. The van der Waals surface area contributed by atoms with Crippen LogP contribution in [0.25, 0.3) is 0 Å². The van der Waals surface area contributed by atoms with Crippen molar-refractivity contribution in [2.75, 3.05) is 92.2 Å². The minimum atomic E-state index is -0.0822. The van der Waals surface area contributed by atoms with Crippen LogP contribution >= 0.6 is 0 Å². The molecule has 10 nitrogen and oxygen atoms in total. The molecule has 194 valence electrons. The molecule has 0 fully saturated rings. The summed E-state index contributed by atoms with van der Waals surface area (Å²) in [6.07, 6.45) is 4.99. The molecule has 2 atom stereocenters. The summed E-state index contributed by atoms with van der Waals surface area (Å²) in [4.78, 5) is 0. The second-order valence-electron chi connectivity index (χ2n) is 7.56. The summed E-state index contributed by atoms with van der Waals surface area (Å²) in [5.74, 6) is 0. The molecule has 0 aromatic heterocycles. The summed E-state index contributed by atoms with van der Waals surface area (Å²) in [7, 11) is 0. The highest BCUT2D eigenvalue weighted by atomic mass is 16.6. The molecule has 0 spiro atoms. The molecule has 10 heteroatoms. The SMILES string of the molecule is NCCCOCC(COCCCCOCC(COCCCN)OCCCN)OCCCN. The van der Waals surface area contributed by atoms with E-state index in [1.54, 1.807) is 0 Å². The standard InChI is InChI=1S/C22H50N4O6/c23-7-3-13-29-19-21(31-15-5-9-25)17-27-11-1-2-12-28-18-22(32-16-6-10-26)20-30-14-4-8-24/h21-22H,1-20,23-26H2. The fraction of sp³-hybridized carbons (Fsp3) is 1.00. The van der Waals surface area contributed by atoms with Crippen LogP contribution in [0.2, 0.25) is 0 Å². The lowest BCUT2D eigenvalue weighted by Crippen LogP contribution is -2.28. The van der Waals surface area contributed by atoms with E-state index >= 15 is 0 Å². The molecule has 0 aliphatic heterocycles. The van der Waals surface area contributed by atoms with Gasteiger partial charge in [-0.15, -0.1) is 0 Å². The van der Waals surface area contributed by atoms with Gasteiger partial charge in [0.25, 0.3) is 0 Å². The quantitative estimate of drug-likeness (QED) is 0.121. The second kappa shape index (κ2) is 26.8. The predicted molar refractivity (Wildman–Crippen MR) is 127 cm³/mol. The number of rotatable bonds is 27. The van der Waals surface area contributed by atoms with Crippen LogP contribution in [0.3, 0.4) is 0 Å². The third-order valence-electron chi connectivity index (χ3n) is 4.43. The lowest BCUT2D eigenvalue weighted by molar-refractivity contribution is -0.0652. The molecule has 0 amide bonds. The highest BCUT2D eigenvalue weighted by Gasteiger charge is 2.11. The van der Waals surface area contributed by atoms with E-state index in [4.69, 9.17) is 51.4 Å². The molecule has 0 aromatic rings. The number of unbranched alkanes of at least 4 members (excludes halogenated alkanes) is 1. The Bertz CT molecular complexity index is 326. The molecule has 0 radical (unpaired) electrons. The summed E-state index contributed by atoms with van der Waals surface area (Å²) < 4.78 is 34.3. The summed E-state index contributed by atoms with van der Waals surface area (Å²) in [5.41, 5.74) is 22.0. The third-order valence-corrected chi connectivity index (χ3v) is 4.43. The van der Waals surface area contributed by atoms with Crippen LogP contribution in [-0.2, 0) is 28.4 Å². The summed E-state index contributed by atoms with van der Waals surface area (Å²) >= 11 is 0. The number of hydrogen-bond acceptors (Lipinski definition) is 10. The van der Waals surface area contributed by atoms with E-state index in [0.29, 0.717) is 92.2 Å². The van der Waals surface area contributed by atoms with Crippen molar-refractivity contribution >= 4 is 0 Å². The zero-order valence-electron chi connectivity index (χ0n) is 20.1. The third kappa shape index (κ3) is 22.8. The van der Waals surface area contributed by atoms with Gasteiger partial charge in [-0.2, -0.15) is 0 Å². The van der Waals surface area contributed by atoms with E-state index in [1.165, 1.54) is 0 Å². The van der Waals surface area contributed by atoms with Crippen LogP contribution in [0.4, 0.5) is 0 Å². The monoisotopic (exact) mass is 466 g/mol. The zero-order chi connectivity index (χ0) is 23.5. The van der Waals surface area contributed by atoms with Crippen LogP contribution in [0.1, 0.15) is 38.5 Å². The Morgan fingerprint density at radius 2 is 0.656 bits per heavy atom. The van der Waals surface area contributed by atoms with Gasteiger partial charge in [0.1, 0.15) is 12.2 Å². The van der Waals surface area contributed by atoms with Gasteiger partial charge in [0, 0.05) is 39.6 Å². The highest BCUT2D eigenvalue weighted by Crippen LogP contribution is 2.02. The van der Waals surface area contributed by atoms with Crippen LogP contribution in [0, 0.1) is 0 Å². The van der Waals surface area contributed by atoms with Crippen molar-refractivity contribution in [1.29, 1.82) is 0 Å². The number of ether oxygens (including phenoxy) is 6. The minimum absolute atomic E-state index is 0.0822. The molecule has 0 bridgehead atoms. The van der Waals surface area contributed by atoms with Gasteiger partial charge in [-0.1, -0.05) is 0 Å². The first-order chi connectivity index (χ1) is 15.8. The first-order valence-electron chi connectivity index (χ1n) is 12.1. The molecule has 0 rings (SSSR count). The topological polar surface area (TPSA) is 159 Å².